The zero-order chi connectivity index (χ0) is 13.1. The third-order valence-corrected chi connectivity index (χ3v) is 3.79. The largest absolute Gasteiger partial charge is 0.280 e. The average molecular weight is 274 g/mol. The Labute approximate surface area is 106 Å². The molecule has 0 saturated heterocycles. The fraction of sp³-hybridized carbons (Fsp3) is 0.300. The number of rotatable bonds is 4. The van der Waals surface area contributed by atoms with Gasteiger partial charge in [0.1, 0.15) is 6.04 Å². The van der Waals surface area contributed by atoms with Crippen LogP contribution in [0.5, 0.6) is 0 Å². The Morgan fingerprint density at radius 1 is 1.47 bits per heavy atom. The maximum Gasteiger partial charge on any atom is 0.280 e. The fourth-order valence-corrected chi connectivity index (χ4v) is 2.01. The van der Waals surface area contributed by atoms with Crippen molar-refractivity contribution in [1.82, 2.24) is 9.03 Å². The lowest BCUT2D eigenvalue weighted by atomic mass is 10.1. The number of hydrogen-bond donors (Lipinski definition) is 1. The molecular formula is C10H12ClN3O2S. The van der Waals surface area contributed by atoms with Gasteiger partial charge in [0.25, 0.3) is 10.2 Å². The van der Waals surface area contributed by atoms with Gasteiger partial charge in [0.2, 0.25) is 0 Å². The molecule has 1 N–H and O–H groups in total. The predicted molar refractivity (Wildman–Crippen MR) is 65.5 cm³/mol. The first-order valence-corrected chi connectivity index (χ1v) is 6.53. The van der Waals surface area contributed by atoms with Crippen LogP contribution in [0.2, 0.25) is 5.02 Å². The highest BCUT2D eigenvalue weighted by molar-refractivity contribution is 7.87. The van der Waals surface area contributed by atoms with Crippen molar-refractivity contribution in [3.63, 3.8) is 0 Å². The van der Waals surface area contributed by atoms with Gasteiger partial charge >= 0.3 is 0 Å². The quantitative estimate of drug-likeness (QED) is 0.899. The van der Waals surface area contributed by atoms with Gasteiger partial charge in [0.15, 0.2) is 0 Å². The van der Waals surface area contributed by atoms with E-state index in [9.17, 15) is 8.42 Å². The molecule has 5 nitrogen and oxygen atoms in total. The number of halogens is 1. The molecule has 1 aromatic rings. The minimum absolute atomic E-state index is 0.451. The molecule has 0 saturated carbocycles. The van der Waals surface area contributed by atoms with Crippen LogP contribution in [-0.4, -0.2) is 26.8 Å². The van der Waals surface area contributed by atoms with Gasteiger partial charge < -0.3 is 0 Å². The van der Waals surface area contributed by atoms with Crippen molar-refractivity contribution in [3.05, 3.63) is 34.9 Å². The third-order valence-electron chi connectivity index (χ3n) is 2.06. The zero-order valence-electron chi connectivity index (χ0n) is 9.38. The van der Waals surface area contributed by atoms with E-state index in [1.807, 2.05) is 6.07 Å². The summed E-state index contributed by atoms with van der Waals surface area (Å²) in [6, 6.07) is 7.42. The summed E-state index contributed by atoms with van der Waals surface area (Å²) in [7, 11) is -0.885. The molecule has 0 spiro atoms. The van der Waals surface area contributed by atoms with E-state index < -0.39 is 16.3 Å². The van der Waals surface area contributed by atoms with E-state index in [1.54, 1.807) is 24.3 Å². The van der Waals surface area contributed by atoms with Crippen LogP contribution in [0.1, 0.15) is 11.6 Å². The van der Waals surface area contributed by atoms with Gasteiger partial charge in [-0.1, -0.05) is 23.7 Å². The monoisotopic (exact) mass is 273 g/mol. The first-order chi connectivity index (χ1) is 7.86. The van der Waals surface area contributed by atoms with E-state index in [1.165, 1.54) is 14.1 Å². The highest BCUT2D eigenvalue weighted by Gasteiger charge is 2.20. The minimum atomic E-state index is -3.65. The van der Waals surface area contributed by atoms with Crippen LogP contribution < -0.4 is 4.72 Å². The second-order valence-corrected chi connectivity index (χ2v) is 5.87. The number of nitrogens with one attached hydrogen (secondary N) is 1. The first-order valence-electron chi connectivity index (χ1n) is 4.71. The van der Waals surface area contributed by atoms with Crippen molar-refractivity contribution in [3.8, 4) is 6.07 Å². The molecule has 1 atom stereocenters. The van der Waals surface area contributed by atoms with Crippen LogP contribution in [0, 0.1) is 11.3 Å². The van der Waals surface area contributed by atoms with Gasteiger partial charge in [-0.25, -0.2) is 0 Å². The summed E-state index contributed by atoms with van der Waals surface area (Å²) in [6.45, 7) is 0. The molecule has 0 aromatic heterocycles. The normalized spacial score (nSPS) is 13.4. The summed E-state index contributed by atoms with van der Waals surface area (Å²) in [5.74, 6) is 0. The molecule has 0 amide bonds. The van der Waals surface area contributed by atoms with Crippen molar-refractivity contribution < 1.29 is 8.42 Å². The van der Waals surface area contributed by atoms with E-state index in [4.69, 9.17) is 16.9 Å². The van der Waals surface area contributed by atoms with E-state index in [2.05, 4.69) is 4.72 Å². The molecule has 1 rings (SSSR count). The lowest BCUT2D eigenvalue weighted by Crippen LogP contribution is -2.37. The molecule has 0 radical (unpaired) electrons. The summed E-state index contributed by atoms with van der Waals surface area (Å²) in [5.41, 5.74) is 0.505. The maximum atomic E-state index is 11.6. The smallest absolute Gasteiger partial charge is 0.196 e. The lowest BCUT2D eigenvalue weighted by Gasteiger charge is -2.16. The molecule has 92 valence electrons. The molecule has 0 fully saturated rings. The van der Waals surface area contributed by atoms with Crippen LogP contribution in [0.15, 0.2) is 24.3 Å². The Morgan fingerprint density at radius 3 is 2.59 bits per heavy atom. The van der Waals surface area contributed by atoms with Gasteiger partial charge in [-0.15, -0.1) is 0 Å². The van der Waals surface area contributed by atoms with Gasteiger partial charge in [-0.05, 0) is 17.7 Å². The van der Waals surface area contributed by atoms with Crippen molar-refractivity contribution in [2.45, 2.75) is 6.04 Å². The van der Waals surface area contributed by atoms with Gasteiger partial charge in [0.05, 0.1) is 6.07 Å². The van der Waals surface area contributed by atoms with Gasteiger partial charge in [0, 0.05) is 19.1 Å². The van der Waals surface area contributed by atoms with Gasteiger partial charge in [-0.2, -0.15) is 22.7 Å². The Bertz CT molecular complexity index is 537. The van der Waals surface area contributed by atoms with Crippen molar-refractivity contribution >= 4 is 21.8 Å². The molecule has 0 aliphatic heterocycles. The van der Waals surface area contributed by atoms with E-state index in [0.29, 0.717) is 10.6 Å². The molecule has 0 aliphatic carbocycles. The summed E-state index contributed by atoms with van der Waals surface area (Å²) in [5, 5.41) is 9.43. The standard InChI is InChI=1S/C10H12ClN3O2S/c1-14(2)17(15,16)13-10(7-12)8-4-3-5-9(11)6-8/h3-6,10,13H,1-2H3. The van der Waals surface area contributed by atoms with Crippen LogP contribution >= 0.6 is 11.6 Å². The zero-order valence-corrected chi connectivity index (χ0v) is 11.0. The summed E-state index contributed by atoms with van der Waals surface area (Å²) < 4.78 is 26.4. The Kier molecular flexibility index (Phi) is 4.48. The molecule has 7 heteroatoms. The van der Waals surface area contributed by atoms with Crippen molar-refractivity contribution in [2.24, 2.45) is 0 Å². The van der Waals surface area contributed by atoms with E-state index in [-0.39, 0.29) is 0 Å². The lowest BCUT2D eigenvalue weighted by molar-refractivity contribution is 0.500. The van der Waals surface area contributed by atoms with E-state index >= 15 is 0 Å². The van der Waals surface area contributed by atoms with Crippen molar-refractivity contribution in [2.75, 3.05) is 14.1 Å². The molecule has 1 unspecified atom stereocenters. The molecule has 0 bridgehead atoms. The molecular weight excluding hydrogens is 262 g/mol. The molecule has 1 aromatic carbocycles. The second-order valence-electron chi connectivity index (χ2n) is 3.52. The van der Waals surface area contributed by atoms with Crippen molar-refractivity contribution in [1.29, 1.82) is 5.26 Å². The average Bonchev–Trinajstić information content (AvgIpc) is 2.25. The second kappa shape index (κ2) is 5.47. The van der Waals surface area contributed by atoms with E-state index in [0.717, 1.165) is 4.31 Å². The molecule has 17 heavy (non-hydrogen) atoms. The number of nitriles is 1. The first kappa shape index (κ1) is 13.9. The highest BCUT2D eigenvalue weighted by atomic mass is 35.5. The van der Waals surface area contributed by atoms with Crippen LogP contribution in [0.25, 0.3) is 0 Å². The third kappa shape index (κ3) is 3.68. The van der Waals surface area contributed by atoms with Crippen LogP contribution in [0.3, 0.4) is 0 Å². The fourth-order valence-electron chi connectivity index (χ4n) is 1.11. The topological polar surface area (TPSA) is 73.2 Å². The number of benzene rings is 1. The highest BCUT2D eigenvalue weighted by Crippen LogP contribution is 2.18. The predicted octanol–water partition coefficient (Wildman–Crippen LogP) is 1.30. The Hall–Kier alpha value is -1.13. The summed E-state index contributed by atoms with van der Waals surface area (Å²) >= 11 is 5.78. The van der Waals surface area contributed by atoms with Crippen LogP contribution in [-0.2, 0) is 10.2 Å². The minimum Gasteiger partial charge on any atom is -0.196 e. The number of hydrogen-bond acceptors (Lipinski definition) is 3. The number of nitrogens with zero attached hydrogens (tertiary/aromatic N) is 2. The maximum absolute atomic E-state index is 11.6. The van der Waals surface area contributed by atoms with Crippen LogP contribution in [0.4, 0.5) is 0 Å². The summed E-state index contributed by atoms with van der Waals surface area (Å²) in [4.78, 5) is 0. The Morgan fingerprint density at radius 2 is 2.12 bits per heavy atom. The summed E-state index contributed by atoms with van der Waals surface area (Å²) in [6.07, 6.45) is 0. The molecule has 0 aliphatic rings. The molecule has 0 heterocycles. The Balaban J connectivity index is 3.00. The SMILES string of the molecule is CN(C)S(=O)(=O)NC(C#N)c1cccc(Cl)c1. The van der Waals surface area contributed by atoms with Gasteiger partial charge in [-0.3, -0.25) is 0 Å².